The van der Waals surface area contributed by atoms with Crippen molar-refractivity contribution in [1.29, 1.82) is 0 Å². The molecule has 6 heteroatoms. The molecule has 1 aromatic carbocycles. The summed E-state index contributed by atoms with van der Waals surface area (Å²) < 4.78 is 19.1. The van der Waals surface area contributed by atoms with E-state index in [0.717, 1.165) is 0 Å². The van der Waals surface area contributed by atoms with Crippen LogP contribution in [0.3, 0.4) is 0 Å². The molecular formula is C16H20FNO4. The first-order chi connectivity index (χ1) is 10.5. The lowest BCUT2D eigenvalue weighted by molar-refractivity contribution is -0.148. The van der Waals surface area contributed by atoms with Crippen LogP contribution in [0, 0.1) is 5.82 Å². The molecule has 0 unspecified atom stereocenters. The van der Waals surface area contributed by atoms with Crippen molar-refractivity contribution in [2.24, 2.45) is 0 Å². The number of halogens is 1. The van der Waals surface area contributed by atoms with Gasteiger partial charge in [-0.25, -0.2) is 4.39 Å². The van der Waals surface area contributed by atoms with Crippen LogP contribution in [-0.2, 0) is 14.3 Å². The van der Waals surface area contributed by atoms with E-state index in [1.807, 2.05) is 0 Å². The first-order valence-electron chi connectivity index (χ1n) is 7.35. The standard InChI is InChI=1S/C16H20FNO4/c1-11(13-4-2-3-5-14(13)17)16(21)18(10-15(19)20)12-6-8-22-9-7-12/h2-5,11-12H,6-10H2,1H3,(H,19,20)/t11-/m0/s1. The molecule has 1 N–H and O–H groups in total. The highest BCUT2D eigenvalue weighted by Crippen LogP contribution is 2.24. The average Bonchev–Trinajstić information content (AvgIpc) is 2.52. The molecule has 1 fully saturated rings. The number of ether oxygens (including phenoxy) is 1. The van der Waals surface area contributed by atoms with Crippen LogP contribution >= 0.6 is 0 Å². The molecule has 0 bridgehead atoms. The summed E-state index contributed by atoms with van der Waals surface area (Å²) in [5.41, 5.74) is 0.287. The van der Waals surface area contributed by atoms with Gasteiger partial charge in [0.2, 0.25) is 5.91 Å². The number of amides is 1. The van der Waals surface area contributed by atoms with E-state index >= 15 is 0 Å². The van der Waals surface area contributed by atoms with Gasteiger partial charge < -0.3 is 14.7 Å². The third kappa shape index (κ3) is 3.82. The first-order valence-corrected chi connectivity index (χ1v) is 7.35. The van der Waals surface area contributed by atoms with Gasteiger partial charge in [-0.2, -0.15) is 0 Å². The number of carbonyl (C=O) groups excluding carboxylic acids is 1. The molecule has 0 aliphatic carbocycles. The van der Waals surface area contributed by atoms with Gasteiger partial charge in [0.25, 0.3) is 0 Å². The molecule has 0 saturated carbocycles. The number of benzene rings is 1. The van der Waals surface area contributed by atoms with E-state index in [9.17, 15) is 14.0 Å². The van der Waals surface area contributed by atoms with Gasteiger partial charge in [0.1, 0.15) is 12.4 Å². The molecule has 1 aliphatic rings. The number of carboxylic acids is 1. The smallest absolute Gasteiger partial charge is 0.323 e. The Morgan fingerprint density at radius 3 is 2.59 bits per heavy atom. The summed E-state index contributed by atoms with van der Waals surface area (Å²) in [6, 6.07) is 5.91. The van der Waals surface area contributed by atoms with E-state index in [0.29, 0.717) is 26.1 Å². The maximum absolute atomic E-state index is 13.9. The van der Waals surface area contributed by atoms with Gasteiger partial charge in [-0.15, -0.1) is 0 Å². The molecule has 1 aliphatic heterocycles. The second-order valence-corrected chi connectivity index (χ2v) is 5.45. The summed E-state index contributed by atoms with van der Waals surface area (Å²) in [7, 11) is 0. The van der Waals surface area contributed by atoms with Crippen LogP contribution in [0.25, 0.3) is 0 Å². The molecule has 2 rings (SSSR count). The highest BCUT2D eigenvalue weighted by atomic mass is 19.1. The summed E-state index contributed by atoms with van der Waals surface area (Å²) in [4.78, 5) is 25.1. The van der Waals surface area contributed by atoms with E-state index in [-0.39, 0.29) is 24.1 Å². The SMILES string of the molecule is C[C@H](C(=O)N(CC(=O)O)C1CCOCC1)c1ccccc1F. The Hall–Kier alpha value is -1.95. The summed E-state index contributed by atoms with van der Waals surface area (Å²) in [6.07, 6.45) is 1.20. The third-order valence-corrected chi connectivity index (χ3v) is 3.96. The largest absolute Gasteiger partial charge is 0.480 e. The summed E-state index contributed by atoms with van der Waals surface area (Å²) in [6.45, 7) is 2.24. The molecular weight excluding hydrogens is 289 g/mol. The number of hydrogen-bond donors (Lipinski definition) is 1. The van der Waals surface area contributed by atoms with Crippen molar-refractivity contribution in [1.82, 2.24) is 4.90 Å². The second-order valence-electron chi connectivity index (χ2n) is 5.45. The molecule has 5 nitrogen and oxygen atoms in total. The van der Waals surface area contributed by atoms with Crippen molar-refractivity contribution in [2.45, 2.75) is 31.7 Å². The lowest BCUT2D eigenvalue weighted by Crippen LogP contribution is -2.47. The molecule has 1 saturated heterocycles. The van der Waals surface area contributed by atoms with Crippen molar-refractivity contribution in [3.63, 3.8) is 0 Å². The average molecular weight is 309 g/mol. The Labute approximate surface area is 128 Å². The second kappa shape index (κ2) is 7.35. The minimum atomic E-state index is -1.07. The lowest BCUT2D eigenvalue weighted by Gasteiger charge is -2.35. The summed E-state index contributed by atoms with van der Waals surface area (Å²) in [5.74, 6) is -2.60. The zero-order valence-corrected chi connectivity index (χ0v) is 12.5. The van der Waals surface area contributed by atoms with Crippen LogP contribution in [0.1, 0.15) is 31.2 Å². The van der Waals surface area contributed by atoms with E-state index < -0.39 is 17.7 Å². The molecule has 0 radical (unpaired) electrons. The van der Waals surface area contributed by atoms with Crippen molar-refractivity contribution >= 4 is 11.9 Å². The number of carbonyl (C=O) groups is 2. The van der Waals surface area contributed by atoms with Crippen LogP contribution < -0.4 is 0 Å². The number of nitrogens with zero attached hydrogens (tertiary/aromatic N) is 1. The highest BCUT2D eigenvalue weighted by molar-refractivity contribution is 5.86. The van der Waals surface area contributed by atoms with E-state index in [1.54, 1.807) is 25.1 Å². The zero-order valence-electron chi connectivity index (χ0n) is 12.5. The predicted molar refractivity (Wildman–Crippen MR) is 78.0 cm³/mol. The maximum atomic E-state index is 13.9. The van der Waals surface area contributed by atoms with Crippen molar-refractivity contribution < 1.29 is 23.8 Å². The van der Waals surface area contributed by atoms with E-state index in [1.165, 1.54) is 11.0 Å². The number of hydrogen-bond acceptors (Lipinski definition) is 3. The molecule has 22 heavy (non-hydrogen) atoms. The van der Waals surface area contributed by atoms with Crippen LogP contribution in [-0.4, -0.2) is 47.7 Å². The van der Waals surface area contributed by atoms with Gasteiger partial charge in [0.05, 0.1) is 5.92 Å². The molecule has 1 aromatic rings. The fraction of sp³-hybridized carbons (Fsp3) is 0.500. The van der Waals surface area contributed by atoms with Crippen molar-refractivity contribution in [3.8, 4) is 0 Å². The van der Waals surface area contributed by atoms with Crippen LogP contribution in [0.5, 0.6) is 0 Å². The summed E-state index contributed by atoms with van der Waals surface area (Å²) in [5, 5.41) is 9.07. The van der Waals surface area contributed by atoms with Crippen molar-refractivity contribution in [2.75, 3.05) is 19.8 Å². The molecule has 0 aromatic heterocycles. The molecule has 120 valence electrons. The lowest BCUT2D eigenvalue weighted by atomic mass is 9.97. The van der Waals surface area contributed by atoms with E-state index in [4.69, 9.17) is 9.84 Å². The van der Waals surface area contributed by atoms with Gasteiger partial charge in [0.15, 0.2) is 0 Å². The minimum Gasteiger partial charge on any atom is -0.480 e. The van der Waals surface area contributed by atoms with Crippen LogP contribution in [0.4, 0.5) is 4.39 Å². The number of rotatable bonds is 5. The number of carboxylic acid groups (broad SMARTS) is 1. The van der Waals surface area contributed by atoms with Gasteiger partial charge >= 0.3 is 5.97 Å². The van der Waals surface area contributed by atoms with Crippen LogP contribution in [0.2, 0.25) is 0 Å². The zero-order chi connectivity index (χ0) is 16.1. The summed E-state index contributed by atoms with van der Waals surface area (Å²) >= 11 is 0. The highest BCUT2D eigenvalue weighted by Gasteiger charge is 2.31. The molecule has 0 spiro atoms. The Kier molecular flexibility index (Phi) is 5.49. The molecule has 1 amide bonds. The van der Waals surface area contributed by atoms with E-state index in [2.05, 4.69) is 0 Å². The fourth-order valence-corrected chi connectivity index (χ4v) is 2.74. The Morgan fingerprint density at radius 1 is 1.36 bits per heavy atom. The van der Waals surface area contributed by atoms with Gasteiger partial charge in [-0.1, -0.05) is 18.2 Å². The quantitative estimate of drug-likeness (QED) is 0.903. The molecule has 1 heterocycles. The Bertz CT molecular complexity index is 543. The Balaban J connectivity index is 2.20. The van der Waals surface area contributed by atoms with Crippen LogP contribution in [0.15, 0.2) is 24.3 Å². The monoisotopic (exact) mass is 309 g/mol. The van der Waals surface area contributed by atoms with Gasteiger partial charge in [-0.05, 0) is 31.4 Å². The molecule has 1 atom stereocenters. The van der Waals surface area contributed by atoms with Crippen molar-refractivity contribution in [3.05, 3.63) is 35.6 Å². The maximum Gasteiger partial charge on any atom is 0.323 e. The fourth-order valence-electron chi connectivity index (χ4n) is 2.74. The normalized spacial score (nSPS) is 17.0. The predicted octanol–water partition coefficient (Wildman–Crippen LogP) is 2.02. The van der Waals surface area contributed by atoms with Gasteiger partial charge in [-0.3, -0.25) is 9.59 Å². The Morgan fingerprint density at radius 2 is 2.00 bits per heavy atom. The minimum absolute atomic E-state index is 0.174. The van der Waals surface area contributed by atoms with Gasteiger partial charge in [0, 0.05) is 19.3 Å². The topological polar surface area (TPSA) is 66.8 Å². The number of aliphatic carboxylic acids is 1. The first kappa shape index (κ1) is 16.4. The third-order valence-electron chi connectivity index (χ3n) is 3.96.